The van der Waals surface area contributed by atoms with E-state index in [4.69, 9.17) is 20.8 Å². The number of halogens is 1. The molecule has 0 spiro atoms. The largest absolute Gasteiger partial charge is 0.445 e. The van der Waals surface area contributed by atoms with E-state index < -0.39 is 0 Å². The molecule has 3 rings (SSSR count). The number of likely N-dealkylation sites (tertiary alicyclic amines) is 1. The first-order valence-corrected chi connectivity index (χ1v) is 9.08. The molecule has 1 aromatic heterocycles. The molecule has 0 bridgehead atoms. The van der Waals surface area contributed by atoms with Gasteiger partial charge >= 0.3 is 0 Å². The van der Waals surface area contributed by atoms with Crippen LogP contribution in [0.1, 0.15) is 42.9 Å². The Bertz CT molecular complexity index is 699. The van der Waals surface area contributed by atoms with Crippen LogP contribution in [0.25, 0.3) is 0 Å². The molecule has 134 valence electrons. The van der Waals surface area contributed by atoms with Crippen LogP contribution in [-0.4, -0.2) is 42.1 Å². The molecule has 0 unspecified atom stereocenters. The number of carbonyl (C=O) groups is 1. The second-order valence-corrected chi connectivity index (χ2v) is 6.72. The number of hydrogen-bond donors (Lipinski definition) is 0. The quantitative estimate of drug-likeness (QED) is 0.786. The number of benzene rings is 1. The molecular weight excluding hydrogens is 340 g/mol. The first kappa shape index (κ1) is 18.0. The third-order valence-electron chi connectivity index (χ3n) is 4.42. The Kier molecular flexibility index (Phi) is 6.10. The lowest BCUT2D eigenvalue weighted by Crippen LogP contribution is -2.41. The van der Waals surface area contributed by atoms with E-state index in [1.54, 1.807) is 6.20 Å². The summed E-state index contributed by atoms with van der Waals surface area (Å²) in [5.41, 5.74) is 1.13. The minimum absolute atomic E-state index is 0.0412. The Morgan fingerprint density at radius 3 is 2.96 bits per heavy atom. The maximum absolute atomic E-state index is 12.1. The molecule has 2 aromatic rings. The molecule has 1 fully saturated rings. The number of rotatable bonds is 6. The monoisotopic (exact) mass is 362 g/mol. The van der Waals surface area contributed by atoms with Gasteiger partial charge in [-0.2, -0.15) is 0 Å². The van der Waals surface area contributed by atoms with Gasteiger partial charge in [0, 0.05) is 31.1 Å². The van der Waals surface area contributed by atoms with Gasteiger partial charge in [-0.15, -0.1) is 0 Å². The van der Waals surface area contributed by atoms with Crippen molar-refractivity contribution in [3.05, 3.63) is 52.7 Å². The fourth-order valence-electron chi connectivity index (χ4n) is 3.08. The average molecular weight is 363 g/mol. The molecule has 1 amide bonds. The van der Waals surface area contributed by atoms with Crippen molar-refractivity contribution < 1.29 is 13.9 Å². The standard InChI is InChI=1S/C19H23ClN2O3/c1-2-24-13-18(23)22-9-3-4-15(12-22)19-21-11-17(25-19)10-14-5-7-16(20)8-6-14/h5-8,11,15H,2-4,9-10,12-13H2,1H3/t15-/m1/s1. The van der Waals surface area contributed by atoms with Crippen LogP contribution in [0.3, 0.4) is 0 Å². The third-order valence-corrected chi connectivity index (χ3v) is 4.67. The number of ether oxygens (including phenoxy) is 1. The van der Waals surface area contributed by atoms with Gasteiger partial charge in [0.15, 0.2) is 5.89 Å². The zero-order valence-electron chi connectivity index (χ0n) is 14.4. The molecule has 1 saturated heterocycles. The SMILES string of the molecule is CCOCC(=O)N1CCC[C@@H](c2ncc(Cc3ccc(Cl)cc3)o2)C1. The molecule has 5 nitrogen and oxygen atoms in total. The number of nitrogens with zero attached hydrogens (tertiary/aromatic N) is 2. The minimum Gasteiger partial charge on any atom is -0.445 e. The van der Waals surface area contributed by atoms with E-state index in [-0.39, 0.29) is 18.4 Å². The van der Waals surface area contributed by atoms with E-state index in [0.29, 0.717) is 19.6 Å². The second-order valence-electron chi connectivity index (χ2n) is 6.28. The highest BCUT2D eigenvalue weighted by molar-refractivity contribution is 6.30. The van der Waals surface area contributed by atoms with E-state index in [0.717, 1.165) is 41.6 Å². The number of hydrogen-bond acceptors (Lipinski definition) is 4. The predicted octanol–water partition coefficient (Wildman–Crippen LogP) is 3.66. The average Bonchev–Trinajstić information content (AvgIpc) is 3.10. The number of carbonyl (C=O) groups excluding carboxylic acids is 1. The molecule has 2 heterocycles. The summed E-state index contributed by atoms with van der Waals surface area (Å²) >= 11 is 5.91. The van der Waals surface area contributed by atoms with Crippen molar-refractivity contribution in [2.75, 3.05) is 26.3 Å². The normalized spacial score (nSPS) is 17.7. The maximum atomic E-state index is 12.1. The van der Waals surface area contributed by atoms with E-state index >= 15 is 0 Å². The van der Waals surface area contributed by atoms with Crippen LogP contribution in [0.5, 0.6) is 0 Å². The van der Waals surface area contributed by atoms with Gasteiger partial charge in [-0.3, -0.25) is 4.79 Å². The maximum Gasteiger partial charge on any atom is 0.248 e. The highest BCUT2D eigenvalue weighted by Crippen LogP contribution is 2.27. The Morgan fingerprint density at radius 2 is 2.20 bits per heavy atom. The topological polar surface area (TPSA) is 55.6 Å². The molecular formula is C19H23ClN2O3. The zero-order valence-corrected chi connectivity index (χ0v) is 15.2. The van der Waals surface area contributed by atoms with Crippen molar-refractivity contribution in [1.29, 1.82) is 0 Å². The minimum atomic E-state index is 0.0412. The smallest absolute Gasteiger partial charge is 0.248 e. The lowest BCUT2D eigenvalue weighted by Gasteiger charge is -2.31. The summed E-state index contributed by atoms with van der Waals surface area (Å²) in [7, 11) is 0. The first-order chi connectivity index (χ1) is 12.2. The molecule has 1 aliphatic heterocycles. The van der Waals surface area contributed by atoms with Crippen molar-refractivity contribution in [2.24, 2.45) is 0 Å². The zero-order chi connectivity index (χ0) is 17.6. The molecule has 25 heavy (non-hydrogen) atoms. The summed E-state index contributed by atoms with van der Waals surface area (Å²) in [6.45, 7) is 4.02. The summed E-state index contributed by atoms with van der Waals surface area (Å²) in [6, 6.07) is 7.72. The number of aromatic nitrogens is 1. The van der Waals surface area contributed by atoms with Crippen molar-refractivity contribution in [3.8, 4) is 0 Å². The summed E-state index contributed by atoms with van der Waals surface area (Å²) in [6.07, 6.45) is 4.41. The molecule has 6 heteroatoms. The highest BCUT2D eigenvalue weighted by atomic mass is 35.5. The summed E-state index contributed by atoms with van der Waals surface area (Å²) in [5, 5.41) is 0.723. The Labute approximate surface area is 152 Å². The molecule has 0 radical (unpaired) electrons. The Balaban J connectivity index is 1.61. The van der Waals surface area contributed by atoms with Crippen LogP contribution < -0.4 is 0 Å². The van der Waals surface area contributed by atoms with E-state index in [2.05, 4.69) is 4.98 Å². The first-order valence-electron chi connectivity index (χ1n) is 8.70. The van der Waals surface area contributed by atoms with Crippen molar-refractivity contribution in [1.82, 2.24) is 9.88 Å². The lowest BCUT2D eigenvalue weighted by molar-refractivity contribution is -0.137. The van der Waals surface area contributed by atoms with Gasteiger partial charge in [0.2, 0.25) is 5.91 Å². The fourth-order valence-corrected chi connectivity index (χ4v) is 3.21. The summed E-state index contributed by atoms with van der Waals surface area (Å²) in [5.74, 6) is 1.74. The van der Waals surface area contributed by atoms with Crippen molar-refractivity contribution >= 4 is 17.5 Å². The lowest BCUT2D eigenvalue weighted by atomic mass is 9.98. The van der Waals surface area contributed by atoms with Crippen LogP contribution in [0.15, 0.2) is 34.9 Å². The van der Waals surface area contributed by atoms with Crippen molar-refractivity contribution in [3.63, 3.8) is 0 Å². The molecule has 1 aliphatic rings. The fraction of sp³-hybridized carbons (Fsp3) is 0.474. The van der Waals surface area contributed by atoms with E-state index in [1.807, 2.05) is 36.1 Å². The van der Waals surface area contributed by atoms with Gasteiger partial charge < -0.3 is 14.1 Å². The second kappa shape index (κ2) is 8.50. The van der Waals surface area contributed by atoms with Crippen LogP contribution in [0.4, 0.5) is 0 Å². The van der Waals surface area contributed by atoms with Crippen molar-refractivity contribution in [2.45, 2.75) is 32.1 Å². The van der Waals surface area contributed by atoms with Crippen LogP contribution >= 0.6 is 11.6 Å². The van der Waals surface area contributed by atoms with Crippen LogP contribution in [0.2, 0.25) is 5.02 Å². The highest BCUT2D eigenvalue weighted by Gasteiger charge is 2.27. The summed E-state index contributed by atoms with van der Waals surface area (Å²) in [4.78, 5) is 18.4. The van der Waals surface area contributed by atoms with Gasteiger partial charge in [-0.1, -0.05) is 23.7 Å². The predicted molar refractivity (Wildman–Crippen MR) is 95.8 cm³/mol. The number of oxazole rings is 1. The molecule has 0 N–H and O–H groups in total. The van der Waals surface area contributed by atoms with Gasteiger partial charge in [0.1, 0.15) is 12.4 Å². The van der Waals surface area contributed by atoms with E-state index in [1.165, 1.54) is 0 Å². The molecule has 0 aliphatic carbocycles. The summed E-state index contributed by atoms with van der Waals surface area (Å²) < 4.78 is 11.2. The van der Waals surface area contributed by atoms with Gasteiger partial charge in [-0.05, 0) is 37.5 Å². The Morgan fingerprint density at radius 1 is 1.40 bits per heavy atom. The Hall–Kier alpha value is -1.85. The van der Waals surface area contributed by atoms with Crippen LogP contribution in [0, 0.1) is 0 Å². The van der Waals surface area contributed by atoms with Gasteiger partial charge in [0.25, 0.3) is 0 Å². The van der Waals surface area contributed by atoms with E-state index in [9.17, 15) is 4.79 Å². The third kappa shape index (κ3) is 4.83. The van der Waals surface area contributed by atoms with Gasteiger partial charge in [-0.25, -0.2) is 4.98 Å². The van der Waals surface area contributed by atoms with Gasteiger partial charge in [0.05, 0.1) is 12.1 Å². The molecule has 0 saturated carbocycles. The van der Waals surface area contributed by atoms with Crippen LogP contribution in [-0.2, 0) is 16.0 Å². The molecule has 1 atom stereocenters. The molecule has 1 aromatic carbocycles. The number of piperidine rings is 1. The number of amides is 1.